The summed E-state index contributed by atoms with van der Waals surface area (Å²) >= 11 is 0. The molecule has 0 saturated carbocycles. The van der Waals surface area contributed by atoms with Crippen molar-refractivity contribution in [3.05, 3.63) is 0 Å². The van der Waals surface area contributed by atoms with E-state index in [0.717, 1.165) is 0 Å². The molecule has 0 saturated heterocycles. The number of aliphatic hydroxyl groups excluding tert-OH is 1. The SMILES string of the molecule is COCCN(CCO)CC(C)C(=O)OC. The van der Waals surface area contributed by atoms with Crippen LogP contribution in [0.2, 0.25) is 0 Å². The Labute approximate surface area is 91.0 Å². The topological polar surface area (TPSA) is 59.0 Å². The van der Waals surface area contributed by atoms with Crippen molar-refractivity contribution in [2.45, 2.75) is 6.92 Å². The molecule has 0 aliphatic carbocycles. The van der Waals surface area contributed by atoms with Crippen LogP contribution in [0.1, 0.15) is 6.92 Å². The molecule has 90 valence electrons. The fraction of sp³-hybridized carbons (Fsp3) is 0.900. The minimum absolute atomic E-state index is 0.0810. The zero-order valence-corrected chi connectivity index (χ0v) is 9.73. The molecule has 0 bridgehead atoms. The molecule has 0 aromatic heterocycles. The Morgan fingerprint density at radius 2 is 2.07 bits per heavy atom. The number of esters is 1. The van der Waals surface area contributed by atoms with Crippen molar-refractivity contribution < 1.29 is 19.4 Å². The van der Waals surface area contributed by atoms with E-state index < -0.39 is 0 Å². The van der Waals surface area contributed by atoms with Gasteiger partial charge in [-0.2, -0.15) is 0 Å². The predicted molar refractivity (Wildman–Crippen MR) is 56.6 cm³/mol. The van der Waals surface area contributed by atoms with Gasteiger partial charge >= 0.3 is 5.97 Å². The normalized spacial score (nSPS) is 12.9. The second kappa shape index (κ2) is 8.64. The summed E-state index contributed by atoms with van der Waals surface area (Å²) in [6.45, 7) is 4.31. The molecule has 0 heterocycles. The third-order valence-corrected chi connectivity index (χ3v) is 2.16. The third-order valence-electron chi connectivity index (χ3n) is 2.16. The molecular weight excluding hydrogens is 198 g/mol. The zero-order chi connectivity index (χ0) is 11.7. The first kappa shape index (κ1) is 14.3. The molecule has 0 radical (unpaired) electrons. The van der Waals surface area contributed by atoms with Crippen molar-refractivity contribution >= 4 is 5.97 Å². The molecule has 0 spiro atoms. The molecular formula is C10H21NO4. The lowest BCUT2D eigenvalue weighted by Gasteiger charge is -2.23. The van der Waals surface area contributed by atoms with Crippen LogP contribution in [0.25, 0.3) is 0 Å². The Bertz CT molecular complexity index is 175. The van der Waals surface area contributed by atoms with Crippen LogP contribution in [0.4, 0.5) is 0 Å². The fourth-order valence-corrected chi connectivity index (χ4v) is 1.32. The Balaban J connectivity index is 3.96. The third kappa shape index (κ3) is 6.43. The number of methoxy groups -OCH3 is 2. The van der Waals surface area contributed by atoms with Gasteiger partial charge in [0.25, 0.3) is 0 Å². The predicted octanol–water partition coefficient (Wildman–Crippen LogP) is -0.264. The molecule has 1 N–H and O–H groups in total. The summed E-state index contributed by atoms with van der Waals surface area (Å²) in [5.74, 6) is -0.409. The lowest BCUT2D eigenvalue weighted by Crippen LogP contribution is -2.36. The number of ether oxygens (including phenoxy) is 2. The van der Waals surface area contributed by atoms with E-state index in [1.54, 1.807) is 7.11 Å². The average molecular weight is 219 g/mol. The Hall–Kier alpha value is -0.650. The summed E-state index contributed by atoms with van der Waals surface area (Å²) in [4.78, 5) is 13.2. The summed E-state index contributed by atoms with van der Waals surface area (Å²) in [6, 6.07) is 0. The van der Waals surface area contributed by atoms with E-state index in [1.807, 2.05) is 11.8 Å². The molecule has 0 aliphatic rings. The maximum atomic E-state index is 11.2. The maximum Gasteiger partial charge on any atom is 0.309 e. The Kier molecular flexibility index (Phi) is 8.27. The lowest BCUT2D eigenvalue weighted by molar-refractivity contribution is -0.145. The highest BCUT2D eigenvalue weighted by Gasteiger charge is 2.16. The number of carbonyl (C=O) groups excluding carboxylic acids is 1. The van der Waals surface area contributed by atoms with Crippen LogP contribution in [0.15, 0.2) is 0 Å². The van der Waals surface area contributed by atoms with Gasteiger partial charge in [-0.15, -0.1) is 0 Å². The highest BCUT2D eigenvalue weighted by Crippen LogP contribution is 2.01. The van der Waals surface area contributed by atoms with Crippen molar-refractivity contribution in [3.8, 4) is 0 Å². The molecule has 5 nitrogen and oxygen atoms in total. The molecule has 5 heteroatoms. The number of hydrogen-bond acceptors (Lipinski definition) is 5. The average Bonchev–Trinajstić information content (AvgIpc) is 2.24. The first-order valence-electron chi connectivity index (χ1n) is 5.05. The number of rotatable bonds is 8. The van der Waals surface area contributed by atoms with E-state index in [9.17, 15) is 4.79 Å². The van der Waals surface area contributed by atoms with Crippen LogP contribution < -0.4 is 0 Å². The summed E-state index contributed by atoms with van der Waals surface area (Å²) in [7, 11) is 3.01. The van der Waals surface area contributed by atoms with Gasteiger partial charge in [0.2, 0.25) is 0 Å². The van der Waals surface area contributed by atoms with Gasteiger partial charge in [-0.1, -0.05) is 6.92 Å². The summed E-state index contributed by atoms with van der Waals surface area (Å²) < 4.78 is 9.58. The number of aliphatic hydroxyl groups is 1. The van der Waals surface area contributed by atoms with Gasteiger partial charge < -0.3 is 14.6 Å². The maximum absolute atomic E-state index is 11.2. The van der Waals surface area contributed by atoms with E-state index in [2.05, 4.69) is 4.74 Å². The van der Waals surface area contributed by atoms with Crippen LogP contribution in [-0.2, 0) is 14.3 Å². The zero-order valence-electron chi connectivity index (χ0n) is 9.73. The van der Waals surface area contributed by atoms with Crippen LogP contribution >= 0.6 is 0 Å². The molecule has 0 aromatic carbocycles. The largest absolute Gasteiger partial charge is 0.469 e. The second-order valence-electron chi connectivity index (χ2n) is 3.44. The second-order valence-corrected chi connectivity index (χ2v) is 3.44. The first-order chi connectivity index (χ1) is 7.15. The van der Waals surface area contributed by atoms with Gasteiger partial charge in [0.15, 0.2) is 0 Å². The molecule has 1 unspecified atom stereocenters. The molecule has 0 rings (SSSR count). The quantitative estimate of drug-likeness (QED) is 0.570. The van der Waals surface area contributed by atoms with Crippen LogP contribution in [0.5, 0.6) is 0 Å². The van der Waals surface area contributed by atoms with E-state index in [0.29, 0.717) is 26.2 Å². The van der Waals surface area contributed by atoms with Gasteiger partial charge in [-0.3, -0.25) is 9.69 Å². The lowest BCUT2D eigenvalue weighted by atomic mass is 10.1. The minimum atomic E-state index is -0.227. The first-order valence-corrected chi connectivity index (χ1v) is 5.05. The molecule has 0 aliphatic heterocycles. The van der Waals surface area contributed by atoms with Crippen molar-refractivity contribution in [1.82, 2.24) is 4.90 Å². The summed E-state index contributed by atoms with van der Waals surface area (Å²) in [6.07, 6.45) is 0. The van der Waals surface area contributed by atoms with Gasteiger partial charge in [0.05, 0.1) is 26.2 Å². The van der Waals surface area contributed by atoms with Crippen LogP contribution in [0, 0.1) is 5.92 Å². The molecule has 1 atom stereocenters. The van der Waals surface area contributed by atoms with Crippen LogP contribution in [0.3, 0.4) is 0 Å². The molecule has 0 aromatic rings. The molecule has 0 amide bonds. The number of hydrogen-bond donors (Lipinski definition) is 1. The van der Waals surface area contributed by atoms with Crippen molar-refractivity contribution in [1.29, 1.82) is 0 Å². The van der Waals surface area contributed by atoms with E-state index in [4.69, 9.17) is 9.84 Å². The van der Waals surface area contributed by atoms with E-state index in [-0.39, 0.29) is 18.5 Å². The monoisotopic (exact) mass is 219 g/mol. The van der Waals surface area contributed by atoms with Gasteiger partial charge in [0.1, 0.15) is 0 Å². The van der Waals surface area contributed by atoms with Gasteiger partial charge in [0, 0.05) is 26.7 Å². The highest BCUT2D eigenvalue weighted by molar-refractivity contribution is 5.72. The minimum Gasteiger partial charge on any atom is -0.469 e. The smallest absolute Gasteiger partial charge is 0.309 e. The van der Waals surface area contributed by atoms with Crippen LogP contribution in [-0.4, -0.2) is 63.0 Å². The summed E-state index contributed by atoms with van der Waals surface area (Å²) in [5.41, 5.74) is 0. The van der Waals surface area contributed by atoms with Crippen molar-refractivity contribution in [2.75, 3.05) is 47.1 Å². The molecule has 15 heavy (non-hydrogen) atoms. The Morgan fingerprint density at radius 1 is 1.40 bits per heavy atom. The van der Waals surface area contributed by atoms with Gasteiger partial charge in [-0.25, -0.2) is 0 Å². The van der Waals surface area contributed by atoms with E-state index >= 15 is 0 Å². The Morgan fingerprint density at radius 3 is 2.53 bits per heavy atom. The number of nitrogens with zero attached hydrogens (tertiary/aromatic N) is 1. The van der Waals surface area contributed by atoms with Crippen molar-refractivity contribution in [3.63, 3.8) is 0 Å². The summed E-state index contributed by atoms with van der Waals surface area (Å²) in [5, 5.41) is 8.85. The standard InChI is InChI=1S/C10H21NO4/c1-9(10(13)15-3)8-11(4-6-12)5-7-14-2/h9,12H,4-8H2,1-3H3. The van der Waals surface area contributed by atoms with Gasteiger partial charge in [-0.05, 0) is 0 Å². The van der Waals surface area contributed by atoms with Crippen molar-refractivity contribution in [2.24, 2.45) is 5.92 Å². The number of carbonyl (C=O) groups is 1. The highest BCUT2D eigenvalue weighted by atomic mass is 16.5. The molecule has 0 fully saturated rings. The fourth-order valence-electron chi connectivity index (χ4n) is 1.32. The van der Waals surface area contributed by atoms with E-state index in [1.165, 1.54) is 7.11 Å².